The van der Waals surface area contributed by atoms with Crippen molar-refractivity contribution < 1.29 is 9.63 Å². The van der Waals surface area contributed by atoms with E-state index in [1.807, 2.05) is 30.3 Å². The summed E-state index contributed by atoms with van der Waals surface area (Å²) in [6.45, 7) is 3.73. The van der Waals surface area contributed by atoms with Crippen molar-refractivity contribution in [1.29, 1.82) is 0 Å². The molecule has 1 heterocycles. The molecule has 0 aliphatic carbocycles. The summed E-state index contributed by atoms with van der Waals surface area (Å²) in [7, 11) is 0. The first-order valence-corrected chi connectivity index (χ1v) is 5.93. The van der Waals surface area contributed by atoms with Gasteiger partial charge in [0.15, 0.2) is 0 Å². The molecular formula is C13H13ClN2O2. The molecule has 0 aromatic heterocycles. The quantitative estimate of drug-likeness (QED) is 0.905. The summed E-state index contributed by atoms with van der Waals surface area (Å²) in [4.78, 5) is 16.8. The van der Waals surface area contributed by atoms with Crippen molar-refractivity contribution >= 4 is 23.2 Å². The molecule has 0 bridgehead atoms. The lowest BCUT2D eigenvalue weighted by atomic mass is 10.0. The Hall–Kier alpha value is -1.81. The second kappa shape index (κ2) is 5.69. The first kappa shape index (κ1) is 12.6. The van der Waals surface area contributed by atoms with Gasteiger partial charge in [0.2, 0.25) is 6.10 Å². The van der Waals surface area contributed by atoms with E-state index in [9.17, 15) is 4.79 Å². The van der Waals surface area contributed by atoms with Crippen LogP contribution in [0.1, 0.15) is 12.0 Å². The lowest BCUT2D eigenvalue weighted by Crippen LogP contribution is -2.35. The fraction of sp³-hybridized carbons (Fsp3) is 0.231. The Morgan fingerprint density at radius 1 is 1.50 bits per heavy atom. The maximum atomic E-state index is 11.7. The van der Waals surface area contributed by atoms with Crippen LogP contribution < -0.4 is 5.32 Å². The van der Waals surface area contributed by atoms with Crippen LogP contribution in [0.4, 0.5) is 0 Å². The molecule has 0 saturated heterocycles. The summed E-state index contributed by atoms with van der Waals surface area (Å²) in [5, 5.41) is 6.94. The molecule has 1 aliphatic heterocycles. The van der Waals surface area contributed by atoms with Gasteiger partial charge in [0.05, 0.1) is 12.3 Å². The minimum atomic E-state index is -0.587. The average molecular weight is 265 g/mol. The van der Waals surface area contributed by atoms with Gasteiger partial charge in [-0.1, -0.05) is 53.7 Å². The van der Waals surface area contributed by atoms with Crippen LogP contribution >= 0.6 is 11.6 Å². The number of oxime groups is 1. The van der Waals surface area contributed by atoms with E-state index >= 15 is 0 Å². The van der Waals surface area contributed by atoms with E-state index in [2.05, 4.69) is 17.1 Å². The van der Waals surface area contributed by atoms with Crippen molar-refractivity contribution in [3.05, 3.63) is 47.5 Å². The number of hydrogen-bond donors (Lipinski definition) is 1. The van der Waals surface area contributed by atoms with Gasteiger partial charge in [-0.05, 0) is 5.56 Å². The summed E-state index contributed by atoms with van der Waals surface area (Å²) in [6.07, 6.45) is -0.124. The van der Waals surface area contributed by atoms with Gasteiger partial charge in [-0.25, -0.2) is 0 Å². The van der Waals surface area contributed by atoms with Gasteiger partial charge in [-0.3, -0.25) is 4.79 Å². The van der Waals surface area contributed by atoms with Crippen molar-refractivity contribution in [3.8, 4) is 0 Å². The number of nitrogens with zero attached hydrogens (tertiary/aromatic N) is 1. The van der Waals surface area contributed by atoms with Crippen molar-refractivity contribution in [1.82, 2.24) is 5.32 Å². The number of carbonyl (C=O) groups excluding carboxylic acids is 1. The van der Waals surface area contributed by atoms with Crippen molar-refractivity contribution in [3.63, 3.8) is 0 Å². The predicted molar refractivity (Wildman–Crippen MR) is 70.5 cm³/mol. The van der Waals surface area contributed by atoms with Gasteiger partial charge in [-0.15, -0.1) is 0 Å². The Morgan fingerprint density at radius 3 is 2.89 bits per heavy atom. The third-order valence-corrected chi connectivity index (χ3v) is 2.66. The van der Waals surface area contributed by atoms with Gasteiger partial charge in [0, 0.05) is 11.5 Å². The third-order valence-electron chi connectivity index (χ3n) is 2.52. The Bertz CT molecular complexity index is 485. The highest BCUT2D eigenvalue weighted by Gasteiger charge is 2.28. The van der Waals surface area contributed by atoms with Gasteiger partial charge in [-0.2, -0.15) is 0 Å². The van der Waals surface area contributed by atoms with Crippen LogP contribution in [-0.2, 0) is 9.63 Å². The Balaban J connectivity index is 1.91. The standard InChI is InChI=1S/C13H13ClN2O2/c1-9(14)8-15-13(17)12-7-11(16-18-12)10-5-3-2-4-6-10/h2-6,12H,1,7-8H2,(H,15,17). The zero-order valence-corrected chi connectivity index (χ0v) is 10.5. The van der Waals surface area contributed by atoms with Gasteiger partial charge in [0.1, 0.15) is 0 Å². The number of halogens is 1. The van der Waals surface area contributed by atoms with Gasteiger partial charge < -0.3 is 10.2 Å². The molecule has 94 valence electrons. The zero-order valence-electron chi connectivity index (χ0n) is 9.73. The molecule has 1 amide bonds. The van der Waals surface area contributed by atoms with E-state index in [0.717, 1.165) is 11.3 Å². The number of rotatable bonds is 4. The van der Waals surface area contributed by atoms with Gasteiger partial charge in [0.25, 0.3) is 5.91 Å². The van der Waals surface area contributed by atoms with E-state index in [1.165, 1.54) is 0 Å². The van der Waals surface area contributed by atoms with Crippen LogP contribution in [0.15, 0.2) is 47.1 Å². The smallest absolute Gasteiger partial charge is 0.264 e. The van der Waals surface area contributed by atoms with Crippen molar-refractivity contribution in [2.24, 2.45) is 5.16 Å². The Kier molecular flexibility index (Phi) is 3.99. The molecule has 0 radical (unpaired) electrons. The molecule has 1 unspecified atom stereocenters. The second-order valence-electron chi connectivity index (χ2n) is 3.94. The average Bonchev–Trinajstić information content (AvgIpc) is 2.86. The van der Waals surface area contributed by atoms with Crippen LogP contribution in [0, 0.1) is 0 Å². The first-order valence-electron chi connectivity index (χ1n) is 5.56. The summed E-state index contributed by atoms with van der Waals surface area (Å²) < 4.78 is 0. The van der Waals surface area contributed by atoms with Crippen LogP contribution in [0.3, 0.4) is 0 Å². The molecule has 0 fully saturated rings. The molecule has 1 aliphatic rings. The third kappa shape index (κ3) is 3.11. The second-order valence-corrected chi connectivity index (χ2v) is 4.47. The van der Waals surface area contributed by atoms with Crippen LogP contribution in [0.2, 0.25) is 0 Å². The van der Waals surface area contributed by atoms with Gasteiger partial charge >= 0.3 is 0 Å². The highest BCUT2D eigenvalue weighted by molar-refractivity contribution is 6.29. The monoisotopic (exact) mass is 264 g/mol. The summed E-state index contributed by atoms with van der Waals surface area (Å²) >= 11 is 5.57. The van der Waals surface area contributed by atoms with Crippen molar-refractivity contribution in [2.45, 2.75) is 12.5 Å². The number of carbonyl (C=O) groups is 1. The molecule has 2 rings (SSSR count). The highest BCUT2D eigenvalue weighted by atomic mass is 35.5. The molecular weight excluding hydrogens is 252 g/mol. The fourth-order valence-electron chi connectivity index (χ4n) is 1.62. The molecule has 1 aromatic rings. The van der Waals surface area contributed by atoms with E-state index in [1.54, 1.807) is 0 Å². The minimum absolute atomic E-state index is 0.230. The molecule has 4 nitrogen and oxygen atoms in total. The SMILES string of the molecule is C=C(Cl)CNC(=O)C1CC(c2ccccc2)=NO1. The van der Waals surface area contributed by atoms with E-state index < -0.39 is 6.10 Å². The lowest BCUT2D eigenvalue weighted by Gasteiger charge is -2.08. The maximum Gasteiger partial charge on any atom is 0.264 e. The Morgan fingerprint density at radius 2 is 2.22 bits per heavy atom. The van der Waals surface area contributed by atoms with E-state index in [4.69, 9.17) is 16.4 Å². The number of benzene rings is 1. The molecule has 18 heavy (non-hydrogen) atoms. The topological polar surface area (TPSA) is 50.7 Å². The van der Waals surface area contributed by atoms with Crippen LogP contribution in [-0.4, -0.2) is 24.3 Å². The molecule has 5 heteroatoms. The lowest BCUT2D eigenvalue weighted by molar-refractivity contribution is -0.130. The molecule has 0 saturated carbocycles. The largest absolute Gasteiger partial charge is 0.382 e. The molecule has 1 atom stereocenters. The zero-order chi connectivity index (χ0) is 13.0. The number of nitrogens with one attached hydrogen (secondary N) is 1. The summed E-state index contributed by atoms with van der Waals surface area (Å²) in [5.74, 6) is -0.230. The predicted octanol–water partition coefficient (Wildman–Crippen LogP) is 2.05. The van der Waals surface area contributed by atoms with Crippen LogP contribution in [0.5, 0.6) is 0 Å². The fourth-order valence-corrected chi connectivity index (χ4v) is 1.68. The van der Waals surface area contributed by atoms with Crippen LogP contribution in [0.25, 0.3) is 0 Å². The van der Waals surface area contributed by atoms with E-state index in [0.29, 0.717) is 11.5 Å². The molecule has 1 aromatic carbocycles. The normalized spacial score (nSPS) is 17.8. The number of hydrogen-bond acceptors (Lipinski definition) is 3. The minimum Gasteiger partial charge on any atom is -0.382 e. The first-order chi connectivity index (χ1) is 8.66. The van der Waals surface area contributed by atoms with Crippen molar-refractivity contribution in [2.75, 3.05) is 6.54 Å². The summed E-state index contributed by atoms with van der Waals surface area (Å²) in [6, 6.07) is 9.63. The summed E-state index contributed by atoms with van der Waals surface area (Å²) in [5.41, 5.74) is 1.75. The maximum absolute atomic E-state index is 11.7. The highest BCUT2D eigenvalue weighted by Crippen LogP contribution is 2.16. The Labute approximate surface area is 110 Å². The molecule has 0 spiro atoms. The molecule has 1 N–H and O–H groups in total. The van der Waals surface area contributed by atoms with E-state index in [-0.39, 0.29) is 12.5 Å². The number of amides is 1.